The first-order chi connectivity index (χ1) is 12.6. The van der Waals surface area contributed by atoms with Gasteiger partial charge in [0.25, 0.3) is 0 Å². The van der Waals surface area contributed by atoms with Gasteiger partial charge in [-0.25, -0.2) is 14.8 Å². The van der Waals surface area contributed by atoms with Gasteiger partial charge in [0, 0.05) is 6.20 Å². The molecule has 134 valence electrons. The number of hydrogen-bond acceptors (Lipinski definition) is 8. The van der Waals surface area contributed by atoms with Crippen molar-refractivity contribution in [3.8, 4) is 17.3 Å². The Hall–Kier alpha value is -3.00. The first-order valence-electron chi connectivity index (χ1n) is 7.77. The number of carbonyl (C=O) groups is 1. The molecule has 3 heterocycles. The highest BCUT2D eigenvalue weighted by molar-refractivity contribution is 6.30. The van der Waals surface area contributed by atoms with Crippen molar-refractivity contribution in [1.82, 2.24) is 20.1 Å². The smallest absolute Gasteiger partial charge is 0.358 e. The van der Waals surface area contributed by atoms with Crippen LogP contribution in [0, 0.1) is 6.92 Å². The van der Waals surface area contributed by atoms with E-state index in [2.05, 4.69) is 20.1 Å². The Balaban J connectivity index is 1.73. The molecule has 3 rings (SSSR count). The molecule has 3 aromatic rings. The fraction of sp³-hybridized carbons (Fsp3) is 0.235. The fourth-order valence-electron chi connectivity index (χ4n) is 2.13. The normalized spacial score (nSPS) is 10.6. The third kappa shape index (κ3) is 3.97. The minimum atomic E-state index is -0.530. The van der Waals surface area contributed by atoms with Gasteiger partial charge in [0.15, 0.2) is 5.69 Å². The summed E-state index contributed by atoms with van der Waals surface area (Å²) in [6, 6.07) is 3.47. The van der Waals surface area contributed by atoms with Crippen molar-refractivity contribution >= 4 is 17.6 Å². The van der Waals surface area contributed by atoms with Crippen molar-refractivity contribution in [2.75, 3.05) is 6.61 Å². The van der Waals surface area contributed by atoms with E-state index in [9.17, 15) is 4.79 Å². The van der Waals surface area contributed by atoms with Gasteiger partial charge < -0.3 is 14.0 Å². The number of hydrogen-bond donors (Lipinski definition) is 0. The Labute approximate surface area is 154 Å². The van der Waals surface area contributed by atoms with Crippen LogP contribution in [0.3, 0.4) is 0 Å². The molecule has 0 amide bonds. The lowest BCUT2D eigenvalue weighted by atomic mass is 10.1. The van der Waals surface area contributed by atoms with Gasteiger partial charge in [0.2, 0.25) is 5.88 Å². The first-order valence-corrected chi connectivity index (χ1v) is 8.15. The molecule has 0 bridgehead atoms. The first kappa shape index (κ1) is 17.8. The van der Waals surface area contributed by atoms with E-state index in [1.807, 2.05) is 0 Å². The zero-order valence-corrected chi connectivity index (χ0v) is 14.9. The average Bonchev–Trinajstić information content (AvgIpc) is 3.02. The Morgan fingerprint density at radius 1 is 1.19 bits per heavy atom. The predicted molar refractivity (Wildman–Crippen MR) is 91.8 cm³/mol. The highest BCUT2D eigenvalue weighted by Crippen LogP contribution is 2.25. The Bertz CT molecular complexity index is 894. The van der Waals surface area contributed by atoms with Crippen LogP contribution in [0.15, 0.2) is 35.2 Å². The van der Waals surface area contributed by atoms with Crippen LogP contribution in [0.2, 0.25) is 5.02 Å². The number of ether oxygens (including phenoxy) is 2. The summed E-state index contributed by atoms with van der Waals surface area (Å²) < 4.78 is 15.7. The van der Waals surface area contributed by atoms with Crippen molar-refractivity contribution in [3.63, 3.8) is 0 Å². The summed E-state index contributed by atoms with van der Waals surface area (Å²) >= 11 is 5.86. The molecule has 0 spiro atoms. The van der Waals surface area contributed by atoms with Crippen LogP contribution in [0.25, 0.3) is 11.4 Å². The van der Waals surface area contributed by atoms with Crippen molar-refractivity contribution in [1.29, 1.82) is 0 Å². The summed E-state index contributed by atoms with van der Waals surface area (Å²) in [4.78, 5) is 23.8. The summed E-state index contributed by atoms with van der Waals surface area (Å²) in [5.41, 5.74) is 2.03. The lowest BCUT2D eigenvalue weighted by molar-refractivity contribution is 0.0518. The largest absolute Gasteiger partial charge is 0.471 e. The maximum Gasteiger partial charge on any atom is 0.358 e. The highest BCUT2D eigenvalue weighted by Gasteiger charge is 2.17. The third-order valence-corrected chi connectivity index (χ3v) is 3.66. The van der Waals surface area contributed by atoms with Crippen molar-refractivity contribution < 1.29 is 18.8 Å². The second-order valence-electron chi connectivity index (χ2n) is 5.18. The van der Waals surface area contributed by atoms with Gasteiger partial charge >= 0.3 is 5.97 Å². The minimum Gasteiger partial charge on any atom is -0.471 e. The zero-order chi connectivity index (χ0) is 18.5. The molecule has 8 nitrogen and oxygen atoms in total. The molecule has 0 N–H and O–H groups in total. The highest BCUT2D eigenvalue weighted by atomic mass is 35.5. The molecule has 0 aliphatic carbocycles. The summed E-state index contributed by atoms with van der Waals surface area (Å²) in [5, 5.41) is 4.56. The van der Waals surface area contributed by atoms with Crippen molar-refractivity contribution in [3.05, 3.63) is 52.8 Å². The number of esters is 1. The average molecular weight is 375 g/mol. The number of pyridine rings is 1. The molecule has 0 saturated carbocycles. The molecule has 0 aromatic carbocycles. The van der Waals surface area contributed by atoms with Gasteiger partial charge in [0.1, 0.15) is 18.1 Å². The number of nitrogens with zero attached hydrogens (tertiary/aromatic N) is 4. The second kappa shape index (κ2) is 7.92. The lowest BCUT2D eigenvalue weighted by Gasteiger charge is -2.06. The SMILES string of the molecule is CCOC(=O)c1cnc(OCc2c(-c3ccc(Cl)cn3)noc2C)cn1. The number of rotatable bonds is 6. The molecule has 0 fully saturated rings. The van der Waals surface area contributed by atoms with Crippen LogP contribution in [0.1, 0.15) is 28.7 Å². The Morgan fingerprint density at radius 3 is 2.69 bits per heavy atom. The molecule has 0 aliphatic heterocycles. The van der Waals surface area contributed by atoms with Gasteiger partial charge in [-0.05, 0) is 26.0 Å². The van der Waals surface area contributed by atoms with Crippen molar-refractivity contribution in [2.45, 2.75) is 20.5 Å². The fourth-order valence-corrected chi connectivity index (χ4v) is 2.24. The van der Waals surface area contributed by atoms with Gasteiger partial charge in [-0.3, -0.25) is 4.98 Å². The molecule has 26 heavy (non-hydrogen) atoms. The minimum absolute atomic E-state index is 0.117. The number of carbonyl (C=O) groups excluding carboxylic acids is 1. The monoisotopic (exact) mass is 374 g/mol. The summed E-state index contributed by atoms with van der Waals surface area (Å²) in [6.07, 6.45) is 4.19. The van der Waals surface area contributed by atoms with E-state index in [1.165, 1.54) is 18.6 Å². The van der Waals surface area contributed by atoms with Crippen LogP contribution < -0.4 is 4.74 Å². The molecule has 0 radical (unpaired) electrons. The van der Waals surface area contributed by atoms with Crippen LogP contribution in [0.4, 0.5) is 0 Å². The standard InChI is InChI=1S/C17H15ClN4O4/c1-3-24-17(23)14-7-21-15(8-20-14)25-9-12-10(2)26-22-16(12)13-5-4-11(18)6-19-13/h4-8H,3,9H2,1-2H3. The third-order valence-electron chi connectivity index (χ3n) is 3.43. The molecule has 0 aliphatic rings. The number of aromatic nitrogens is 4. The Morgan fingerprint density at radius 2 is 2.04 bits per heavy atom. The van der Waals surface area contributed by atoms with Gasteiger partial charge in [-0.2, -0.15) is 0 Å². The van der Waals surface area contributed by atoms with E-state index in [1.54, 1.807) is 26.0 Å². The quantitative estimate of drug-likeness (QED) is 0.606. The van der Waals surface area contributed by atoms with Crippen LogP contribution in [0.5, 0.6) is 5.88 Å². The molecule has 0 unspecified atom stereocenters. The number of aryl methyl sites for hydroxylation is 1. The van der Waals surface area contributed by atoms with E-state index in [0.29, 0.717) is 22.2 Å². The van der Waals surface area contributed by atoms with Gasteiger partial charge in [0.05, 0.1) is 35.3 Å². The van der Waals surface area contributed by atoms with E-state index in [-0.39, 0.29) is 24.8 Å². The predicted octanol–water partition coefficient (Wildman–Crippen LogP) is 3.24. The molecular weight excluding hydrogens is 360 g/mol. The summed E-state index contributed by atoms with van der Waals surface area (Å²) in [7, 11) is 0. The van der Waals surface area contributed by atoms with E-state index in [0.717, 1.165) is 5.56 Å². The van der Waals surface area contributed by atoms with E-state index >= 15 is 0 Å². The maximum atomic E-state index is 11.6. The topological polar surface area (TPSA) is 100 Å². The lowest BCUT2D eigenvalue weighted by Crippen LogP contribution is -2.08. The number of halogens is 1. The molecule has 0 atom stereocenters. The summed E-state index contributed by atoms with van der Waals surface area (Å²) in [6.45, 7) is 3.92. The molecule has 3 aromatic heterocycles. The van der Waals surface area contributed by atoms with Gasteiger partial charge in [-0.15, -0.1) is 0 Å². The second-order valence-corrected chi connectivity index (χ2v) is 5.61. The van der Waals surface area contributed by atoms with Crippen LogP contribution in [-0.2, 0) is 11.3 Å². The van der Waals surface area contributed by atoms with Crippen LogP contribution >= 0.6 is 11.6 Å². The van der Waals surface area contributed by atoms with E-state index < -0.39 is 5.97 Å². The summed E-state index contributed by atoms with van der Waals surface area (Å²) in [5.74, 6) is 0.332. The van der Waals surface area contributed by atoms with E-state index in [4.69, 9.17) is 25.6 Å². The van der Waals surface area contributed by atoms with Gasteiger partial charge in [-0.1, -0.05) is 16.8 Å². The molecule has 9 heteroatoms. The molecule has 0 saturated heterocycles. The van der Waals surface area contributed by atoms with Crippen LogP contribution in [-0.4, -0.2) is 32.7 Å². The van der Waals surface area contributed by atoms with Crippen molar-refractivity contribution in [2.24, 2.45) is 0 Å². The molecular formula is C17H15ClN4O4. The zero-order valence-electron chi connectivity index (χ0n) is 14.1. The Kier molecular flexibility index (Phi) is 5.43. The maximum absolute atomic E-state index is 11.6.